The minimum Gasteiger partial charge on any atom is -0.492 e. The van der Waals surface area contributed by atoms with Gasteiger partial charge in [0.1, 0.15) is 5.75 Å². The van der Waals surface area contributed by atoms with Crippen LogP contribution in [0.25, 0.3) is 0 Å². The molecule has 5 nitrogen and oxygen atoms in total. The zero-order chi connectivity index (χ0) is 16.7. The van der Waals surface area contributed by atoms with Crippen LogP contribution in [0.1, 0.15) is 18.9 Å². The zero-order valence-electron chi connectivity index (χ0n) is 13.2. The van der Waals surface area contributed by atoms with Crippen molar-refractivity contribution < 1.29 is 14.3 Å². The predicted molar refractivity (Wildman–Crippen MR) is 96.7 cm³/mol. The van der Waals surface area contributed by atoms with Crippen molar-refractivity contribution in [3.63, 3.8) is 0 Å². The Kier molecular flexibility index (Phi) is 7.82. The minimum atomic E-state index is 0.190. The molecule has 0 saturated carbocycles. The third-order valence-electron chi connectivity index (χ3n) is 3.56. The first-order valence-corrected chi connectivity index (χ1v) is 9.37. The Morgan fingerprint density at radius 2 is 1.96 bits per heavy atom. The Hall–Kier alpha value is -0.630. The van der Waals surface area contributed by atoms with E-state index in [0.717, 1.165) is 20.3 Å². The number of ether oxygens (including phenoxy) is 2. The Bertz CT molecular complexity index is 511. The second kappa shape index (κ2) is 9.61. The highest BCUT2D eigenvalue weighted by Crippen LogP contribution is 2.34. The van der Waals surface area contributed by atoms with Crippen LogP contribution in [0, 0.1) is 0 Å². The molecule has 2 rings (SSSR count). The molecule has 0 radical (unpaired) electrons. The number of benzene rings is 1. The summed E-state index contributed by atoms with van der Waals surface area (Å²) in [7, 11) is 0. The number of carbonyl (C=O) groups is 1. The summed E-state index contributed by atoms with van der Waals surface area (Å²) < 4.78 is 12.7. The molecule has 1 N–H and O–H groups in total. The first kappa shape index (κ1) is 18.7. The lowest BCUT2D eigenvalue weighted by molar-refractivity contribution is -0.135. The lowest BCUT2D eigenvalue weighted by Gasteiger charge is -2.26. The van der Waals surface area contributed by atoms with E-state index in [0.29, 0.717) is 52.4 Å². The Labute approximate surface area is 154 Å². The van der Waals surface area contributed by atoms with Crippen LogP contribution >= 0.6 is 31.9 Å². The van der Waals surface area contributed by atoms with Crippen molar-refractivity contribution in [2.45, 2.75) is 19.9 Å². The van der Waals surface area contributed by atoms with E-state index < -0.39 is 0 Å². The van der Waals surface area contributed by atoms with Crippen LogP contribution in [0.4, 0.5) is 0 Å². The molecule has 1 aromatic carbocycles. The van der Waals surface area contributed by atoms with E-state index in [9.17, 15) is 4.79 Å². The maximum Gasteiger partial charge on any atom is 0.224 e. The normalized spacial score (nSPS) is 14.8. The number of hydrogen-bond acceptors (Lipinski definition) is 4. The average Bonchev–Trinajstić information content (AvgIpc) is 2.55. The van der Waals surface area contributed by atoms with Crippen LogP contribution in [0.2, 0.25) is 0 Å². The molecule has 0 aliphatic carbocycles. The standard InChI is InChI=1S/C16H22Br2N2O3/c1-2-23-16-13(17)9-12(10-14(16)18)11-19-4-3-15(21)20-5-7-22-8-6-20/h9-10,19H,2-8,11H2,1H3. The molecule has 1 aromatic rings. The van der Waals surface area contributed by atoms with E-state index >= 15 is 0 Å². The number of carbonyl (C=O) groups excluding carboxylic acids is 1. The number of rotatable bonds is 7. The van der Waals surface area contributed by atoms with Crippen molar-refractivity contribution in [3.05, 3.63) is 26.6 Å². The smallest absolute Gasteiger partial charge is 0.224 e. The predicted octanol–water partition coefficient (Wildman–Crippen LogP) is 2.95. The van der Waals surface area contributed by atoms with Gasteiger partial charge < -0.3 is 19.7 Å². The van der Waals surface area contributed by atoms with Crippen LogP contribution in [-0.2, 0) is 16.1 Å². The highest BCUT2D eigenvalue weighted by Gasteiger charge is 2.16. The first-order valence-electron chi connectivity index (χ1n) is 7.78. The van der Waals surface area contributed by atoms with Gasteiger partial charge in [-0.25, -0.2) is 0 Å². The van der Waals surface area contributed by atoms with Gasteiger partial charge in [0.15, 0.2) is 0 Å². The van der Waals surface area contributed by atoms with Gasteiger partial charge in [-0.2, -0.15) is 0 Å². The summed E-state index contributed by atoms with van der Waals surface area (Å²) in [5, 5.41) is 3.32. The second-order valence-electron chi connectivity index (χ2n) is 5.24. The Balaban J connectivity index is 1.76. The van der Waals surface area contributed by atoms with Crippen LogP contribution < -0.4 is 10.1 Å². The summed E-state index contributed by atoms with van der Waals surface area (Å²) in [4.78, 5) is 13.9. The van der Waals surface area contributed by atoms with E-state index in [1.807, 2.05) is 24.0 Å². The number of nitrogens with one attached hydrogen (secondary N) is 1. The van der Waals surface area contributed by atoms with Crippen molar-refractivity contribution >= 4 is 37.8 Å². The molecule has 1 aliphatic rings. The average molecular weight is 450 g/mol. The molecule has 1 aliphatic heterocycles. The fraction of sp³-hybridized carbons (Fsp3) is 0.562. The fourth-order valence-electron chi connectivity index (χ4n) is 2.40. The molecule has 1 heterocycles. The van der Waals surface area contributed by atoms with E-state index in [2.05, 4.69) is 37.2 Å². The Morgan fingerprint density at radius 1 is 1.30 bits per heavy atom. The summed E-state index contributed by atoms with van der Waals surface area (Å²) >= 11 is 7.06. The van der Waals surface area contributed by atoms with Crippen molar-refractivity contribution in [1.29, 1.82) is 0 Å². The lowest BCUT2D eigenvalue weighted by Crippen LogP contribution is -2.41. The second-order valence-corrected chi connectivity index (χ2v) is 6.95. The Morgan fingerprint density at radius 3 is 2.57 bits per heavy atom. The number of hydrogen-bond donors (Lipinski definition) is 1. The van der Waals surface area contributed by atoms with Crippen LogP contribution in [0.5, 0.6) is 5.75 Å². The summed E-state index contributed by atoms with van der Waals surface area (Å²) in [6.45, 7) is 6.66. The molecule has 1 saturated heterocycles. The third-order valence-corrected chi connectivity index (χ3v) is 4.73. The highest BCUT2D eigenvalue weighted by atomic mass is 79.9. The van der Waals surface area contributed by atoms with Crippen LogP contribution in [-0.4, -0.2) is 50.3 Å². The molecular weight excluding hydrogens is 428 g/mol. The maximum absolute atomic E-state index is 12.0. The SMILES string of the molecule is CCOc1c(Br)cc(CNCCC(=O)N2CCOCC2)cc1Br. The van der Waals surface area contributed by atoms with E-state index in [-0.39, 0.29) is 5.91 Å². The van der Waals surface area contributed by atoms with Gasteiger partial charge in [0, 0.05) is 32.6 Å². The van der Waals surface area contributed by atoms with Gasteiger partial charge in [0.25, 0.3) is 0 Å². The molecule has 0 atom stereocenters. The largest absolute Gasteiger partial charge is 0.492 e. The number of nitrogens with zero attached hydrogens (tertiary/aromatic N) is 1. The molecule has 0 bridgehead atoms. The maximum atomic E-state index is 12.0. The number of amides is 1. The van der Waals surface area contributed by atoms with E-state index in [1.54, 1.807) is 0 Å². The molecule has 0 aromatic heterocycles. The number of morpholine rings is 1. The van der Waals surface area contributed by atoms with Crippen molar-refractivity contribution in [2.24, 2.45) is 0 Å². The van der Waals surface area contributed by atoms with Crippen molar-refractivity contribution in [1.82, 2.24) is 10.2 Å². The van der Waals surface area contributed by atoms with Gasteiger partial charge in [0.05, 0.1) is 28.8 Å². The highest BCUT2D eigenvalue weighted by molar-refractivity contribution is 9.11. The fourth-order valence-corrected chi connectivity index (χ4v) is 3.91. The molecule has 1 amide bonds. The van der Waals surface area contributed by atoms with Gasteiger partial charge in [-0.15, -0.1) is 0 Å². The van der Waals surface area contributed by atoms with Crippen molar-refractivity contribution in [2.75, 3.05) is 39.5 Å². The molecule has 23 heavy (non-hydrogen) atoms. The van der Waals surface area contributed by atoms with Crippen molar-refractivity contribution in [3.8, 4) is 5.75 Å². The molecule has 7 heteroatoms. The van der Waals surface area contributed by atoms with Gasteiger partial charge in [-0.1, -0.05) is 0 Å². The molecule has 1 fully saturated rings. The van der Waals surface area contributed by atoms with Gasteiger partial charge in [0.2, 0.25) is 5.91 Å². The van der Waals surface area contributed by atoms with E-state index in [4.69, 9.17) is 9.47 Å². The summed E-state index contributed by atoms with van der Waals surface area (Å²) in [5.74, 6) is 1.01. The summed E-state index contributed by atoms with van der Waals surface area (Å²) in [6, 6.07) is 4.07. The minimum absolute atomic E-state index is 0.190. The quantitative estimate of drug-likeness (QED) is 0.650. The van der Waals surface area contributed by atoms with Crippen LogP contribution in [0.3, 0.4) is 0 Å². The lowest BCUT2D eigenvalue weighted by atomic mass is 10.2. The molecule has 0 spiro atoms. The summed E-state index contributed by atoms with van der Waals surface area (Å²) in [5.41, 5.74) is 1.13. The molecular formula is C16H22Br2N2O3. The van der Waals surface area contributed by atoms with Gasteiger partial charge in [-0.3, -0.25) is 4.79 Å². The third kappa shape index (κ3) is 5.74. The molecule has 128 valence electrons. The zero-order valence-corrected chi connectivity index (χ0v) is 16.4. The molecule has 0 unspecified atom stereocenters. The topological polar surface area (TPSA) is 50.8 Å². The number of halogens is 2. The van der Waals surface area contributed by atoms with Gasteiger partial charge in [-0.05, 0) is 56.5 Å². The summed E-state index contributed by atoms with van der Waals surface area (Å²) in [6.07, 6.45) is 0.513. The van der Waals surface area contributed by atoms with Gasteiger partial charge >= 0.3 is 0 Å². The van der Waals surface area contributed by atoms with Crippen LogP contribution in [0.15, 0.2) is 21.1 Å². The first-order chi connectivity index (χ1) is 11.1. The van der Waals surface area contributed by atoms with E-state index in [1.165, 1.54) is 0 Å². The monoisotopic (exact) mass is 448 g/mol.